The number of piperidine rings is 1. The van der Waals surface area contributed by atoms with Crippen LogP contribution in [0.1, 0.15) is 43.8 Å². The van der Waals surface area contributed by atoms with Crippen LogP contribution in [0.5, 0.6) is 0 Å². The highest BCUT2D eigenvalue weighted by atomic mass is 32.1. The maximum absolute atomic E-state index is 15.0. The number of carbonyl (C=O) groups excluding carboxylic acids is 1. The van der Waals surface area contributed by atoms with Gasteiger partial charge in [-0.25, -0.2) is 14.2 Å². The van der Waals surface area contributed by atoms with Crippen LogP contribution in [0.15, 0.2) is 34.4 Å². The number of rotatable bonds is 8. The zero-order valence-corrected chi connectivity index (χ0v) is 20.6. The van der Waals surface area contributed by atoms with Crippen LogP contribution in [-0.4, -0.2) is 55.2 Å². The summed E-state index contributed by atoms with van der Waals surface area (Å²) >= 11 is 1.52. The number of anilines is 1. The van der Waals surface area contributed by atoms with E-state index in [2.05, 4.69) is 15.3 Å². The van der Waals surface area contributed by atoms with Crippen molar-refractivity contribution < 1.29 is 9.18 Å². The minimum absolute atomic E-state index is 0.130. The zero-order chi connectivity index (χ0) is 24.3. The fourth-order valence-corrected chi connectivity index (χ4v) is 5.57. The van der Waals surface area contributed by atoms with Gasteiger partial charge in [-0.05, 0) is 49.2 Å². The maximum Gasteiger partial charge on any atom is 0.363 e. The Kier molecular flexibility index (Phi) is 7.22. The molecule has 11 heteroatoms. The van der Waals surface area contributed by atoms with Crippen molar-refractivity contribution in [2.24, 2.45) is 0 Å². The Morgan fingerprint density at radius 3 is 2.44 bits per heavy atom. The Morgan fingerprint density at radius 2 is 1.85 bits per heavy atom. The average Bonchev–Trinajstić information content (AvgIpc) is 3.45. The van der Waals surface area contributed by atoms with Gasteiger partial charge in [-0.15, -0.1) is 11.3 Å². The lowest BCUT2D eigenvalue weighted by molar-refractivity contribution is -0.120. The third-order valence-electron chi connectivity index (χ3n) is 6.40. The van der Waals surface area contributed by atoms with E-state index in [4.69, 9.17) is 4.98 Å². The highest BCUT2D eigenvalue weighted by molar-refractivity contribution is 7.09. The SMILES string of the molecule is CCC(=O)N(c1ccccc1F)C1(c2nc(C)cs2)CCN(CCn2nnn(CC)c2=O)CC1. The molecule has 3 heterocycles. The summed E-state index contributed by atoms with van der Waals surface area (Å²) in [4.78, 5) is 34.2. The van der Waals surface area contributed by atoms with Gasteiger partial charge in [0.1, 0.15) is 16.4 Å². The number of aromatic nitrogens is 5. The summed E-state index contributed by atoms with van der Waals surface area (Å²) in [5.74, 6) is -0.549. The molecule has 182 valence electrons. The third-order valence-corrected chi connectivity index (χ3v) is 7.55. The first kappa shape index (κ1) is 24.2. The van der Waals surface area contributed by atoms with E-state index in [1.807, 2.05) is 19.2 Å². The summed E-state index contributed by atoms with van der Waals surface area (Å²) in [6.07, 6.45) is 1.48. The molecule has 9 nitrogen and oxygen atoms in total. The monoisotopic (exact) mass is 487 g/mol. The number of benzene rings is 1. The largest absolute Gasteiger partial charge is 0.363 e. The van der Waals surface area contributed by atoms with Crippen LogP contribution >= 0.6 is 11.3 Å². The number of thiazole rings is 1. The Morgan fingerprint density at radius 1 is 1.15 bits per heavy atom. The van der Waals surface area contributed by atoms with Crippen molar-refractivity contribution in [3.05, 3.63) is 56.6 Å². The van der Waals surface area contributed by atoms with Crippen LogP contribution in [0.25, 0.3) is 0 Å². The van der Waals surface area contributed by atoms with Gasteiger partial charge in [0, 0.05) is 43.7 Å². The summed E-state index contributed by atoms with van der Waals surface area (Å²) in [6, 6.07) is 6.45. The molecule has 2 aromatic heterocycles. The van der Waals surface area contributed by atoms with Gasteiger partial charge in [-0.1, -0.05) is 19.1 Å². The lowest BCUT2D eigenvalue weighted by Crippen LogP contribution is -2.56. The van der Waals surface area contributed by atoms with Crippen LogP contribution in [-0.2, 0) is 23.4 Å². The first-order valence-corrected chi connectivity index (χ1v) is 12.5. The Hall–Kier alpha value is -2.92. The van der Waals surface area contributed by atoms with Gasteiger partial charge in [0.2, 0.25) is 5.91 Å². The van der Waals surface area contributed by atoms with Crippen LogP contribution in [0, 0.1) is 12.7 Å². The molecular weight excluding hydrogens is 457 g/mol. The minimum Gasteiger partial charge on any atom is -0.301 e. The van der Waals surface area contributed by atoms with E-state index in [1.54, 1.807) is 30.0 Å². The predicted octanol–water partition coefficient (Wildman–Crippen LogP) is 2.80. The smallest absolute Gasteiger partial charge is 0.301 e. The normalized spacial score (nSPS) is 16.0. The van der Waals surface area contributed by atoms with E-state index in [-0.39, 0.29) is 18.0 Å². The summed E-state index contributed by atoms with van der Waals surface area (Å²) in [5, 5.41) is 10.6. The van der Waals surface area contributed by atoms with Gasteiger partial charge in [0.25, 0.3) is 0 Å². The predicted molar refractivity (Wildman–Crippen MR) is 128 cm³/mol. The van der Waals surface area contributed by atoms with E-state index < -0.39 is 11.4 Å². The molecule has 0 radical (unpaired) electrons. The molecule has 34 heavy (non-hydrogen) atoms. The molecule has 0 atom stereocenters. The van der Waals surface area contributed by atoms with Crippen molar-refractivity contribution in [2.45, 2.75) is 58.7 Å². The summed E-state index contributed by atoms with van der Waals surface area (Å²) < 4.78 is 17.7. The van der Waals surface area contributed by atoms with Gasteiger partial charge in [0.15, 0.2) is 0 Å². The second-order valence-electron chi connectivity index (χ2n) is 8.50. The molecule has 1 aromatic carbocycles. The minimum atomic E-state index is -0.729. The fraction of sp³-hybridized carbons (Fsp3) is 0.522. The number of aryl methyl sites for hydroxylation is 2. The molecule has 1 fully saturated rings. The number of halogens is 1. The molecule has 1 amide bonds. The molecule has 1 saturated heterocycles. The molecule has 4 rings (SSSR count). The highest BCUT2D eigenvalue weighted by Gasteiger charge is 2.47. The van der Waals surface area contributed by atoms with Crippen molar-refractivity contribution in [3.63, 3.8) is 0 Å². The number of amides is 1. The molecule has 0 aliphatic carbocycles. The Balaban J connectivity index is 1.61. The van der Waals surface area contributed by atoms with Gasteiger partial charge < -0.3 is 4.90 Å². The van der Waals surface area contributed by atoms with Crippen LogP contribution < -0.4 is 10.6 Å². The second kappa shape index (κ2) is 10.1. The molecule has 3 aromatic rings. The average molecular weight is 488 g/mol. The van der Waals surface area contributed by atoms with E-state index >= 15 is 0 Å². The number of hydrogen-bond acceptors (Lipinski definition) is 7. The number of likely N-dealkylation sites (tertiary alicyclic amines) is 1. The van der Waals surface area contributed by atoms with Gasteiger partial charge in [-0.3, -0.25) is 9.69 Å². The first-order chi connectivity index (χ1) is 16.4. The summed E-state index contributed by atoms with van der Waals surface area (Å²) in [7, 11) is 0. The van der Waals surface area contributed by atoms with Gasteiger partial charge >= 0.3 is 5.69 Å². The zero-order valence-electron chi connectivity index (χ0n) is 19.8. The molecular formula is C23H30FN7O2S. The lowest BCUT2D eigenvalue weighted by atomic mass is 9.85. The number of para-hydroxylation sites is 1. The molecule has 0 spiro atoms. The van der Waals surface area contributed by atoms with Gasteiger partial charge in [-0.2, -0.15) is 9.36 Å². The number of nitrogens with zero attached hydrogens (tertiary/aromatic N) is 7. The maximum atomic E-state index is 15.0. The van der Waals surface area contributed by atoms with Crippen molar-refractivity contribution >= 4 is 22.9 Å². The van der Waals surface area contributed by atoms with Crippen molar-refractivity contribution in [1.29, 1.82) is 0 Å². The van der Waals surface area contributed by atoms with E-state index in [0.717, 1.165) is 10.7 Å². The second-order valence-corrected chi connectivity index (χ2v) is 9.36. The van der Waals surface area contributed by atoms with Crippen LogP contribution in [0.3, 0.4) is 0 Å². The number of hydrogen-bond donors (Lipinski definition) is 0. The number of tetrazole rings is 1. The van der Waals surface area contributed by atoms with E-state index in [0.29, 0.717) is 51.3 Å². The quantitative estimate of drug-likeness (QED) is 0.486. The fourth-order valence-electron chi connectivity index (χ4n) is 4.52. The molecule has 0 saturated carbocycles. The Labute approximate surface area is 201 Å². The first-order valence-electron chi connectivity index (χ1n) is 11.6. The van der Waals surface area contributed by atoms with Crippen LogP contribution in [0.2, 0.25) is 0 Å². The highest BCUT2D eigenvalue weighted by Crippen LogP contribution is 2.44. The lowest BCUT2D eigenvalue weighted by Gasteiger charge is -2.47. The van der Waals surface area contributed by atoms with Crippen molar-refractivity contribution in [3.8, 4) is 0 Å². The van der Waals surface area contributed by atoms with Crippen molar-refractivity contribution in [1.82, 2.24) is 29.7 Å². The third kappa shape index (κ3) is 4.54. The summed E-state index contributed by atoms with van der Waals surface area (Å²) in [5.41, 5.74) is 0.231. The standard InChI is InChI=1S/C23H30FN7O2S/c1-4-20(32)31(19-9-7-6-8-18(19)24)23(21-25-17(3)16-34-21)10-12-28(13-11-23)14-15-30-22(33)29(5-2)26-27-30/h6-9,16H,4-5,10-15H2,1-3H3. The van der Waals surface area contributed by atoms with Crippen LogP contribution in [0.4, 0.5) is 10.1 Å². The molecule has 1 aliphatic rings. The molecule has 0 N–H and O–H groups in total. The van der Waals surface area contributed by atoms with E-state index in [1.165, 1.54) is 26.8 Å². The van der Waals surface area contributed by atoms with E-state index in [9.17, 15) is 14.0 Å². The Bertz CT molecular complexity index is 1200. The molecule has 0 bridgehead atoms. The number of carbonyl (C=O) groups is 1. The molecule has 1 aliphatic heterocycles. The van der Waals surface area contributed by atoms with Gasteiger partial charge in [0.05, 0.1) is 12.2 Å². The topological polar surface area (TPSA) is 89.2 Å². The summed E-state index contributed by atoms with van der Waals surface area (Å²) in [6.45, 7) is 8.49. The van der Waals surface area contributed by atoms with Crippen molar-refractivity contribution in [2.75, 3.05) is 24.5 Å². The molecule has 0 unspecified atom stereocenters.